The summed E-state index contributed by atoms with van der Waals surface area (Å²) < 4.78 is 5.44. The van der Waals surface area contributed by atoms with Crippen molar-refractivity contribution in [3.8, 4) is 5.75 Å². The van der Waals surface area contributed by atoms with Gasteiger partial charge in [-0.25, -0.2) is 10.9 Å². The summed E-state index contributed by atoms with van der Waals surface area (Å²) in [6.45, 7) is 2.57. The van der Waals surface area contributed by atoms with E-state index < -0.39 is 5.91 Å². The van der Waals surface area contributed by atoms with E-state index in [0.29, 0.717) is 24.3 Å². The van der Waals surface area contributed by atoms with Gasteiger partial charge in [-0.05, 0) is 49.2 Å². The number of hydrazine groups is 1. The van der Waals surface area contributed by atoms with Gasteiger partial charge in [-0.3, -0.25) is 9.59 Å². The topological polar surface area (TPSA) is 105 Å². The second-order valence-electron chi connectivity index (χ2n) is 6.07. The van der Waals surface area contributed by atoms with Gasteiger partial charge in [0.15, 0.2) is 0 Å². The predicted molar refractivity (Wildman–Crippen MR) is 98.6 cm³/mol. The summed E-state index contributed by atoms with van der Waals surface area (Å²) in [5.41, 5.74) is 13.4. The first kappa shape index (κ1) is 17.9. The number of ether oxygens (including phenoxy) is 1. The second-order valence-corrected chi connectivity index (χ2v) is 6.07. The third kappa shape index (κ3) is 4.19. The highest BCUT2D eigenvalue weighted by Crippen LogP contribution is 2.25. The van der Waals surface area contributed by atoms with E-state index in [1.54, 1.807) is 24.3 Å². The van der Waals surface area contributed by atoms with Crippen molar-refractivity contribution in [1.29, 1.82) is 0 Å². The van der Waals surface area contributed by atoms with Crippen molar-refractivity contribution >= 4 is 17.5 Å². The molecule has 1 heterocycles. The molecule has 0 saturated carbocycles. The van der Waals surface area contributed by atoms with Crippen LogP contribution in [0.4, 0.5) is 5.69 Å². The Balaban J connectivity index is 1.60. The van der Waals surface area contributed by atoms with Crippen LogP contribution in [-0.4, -0.2) is 24.5 Å². The Bertz CT molecular complexity index is 792. The molecule has 0 radical (unpaired) electrons. The van der Waals surface area contributed by atoms with E-state index in [0.717, 1.165) is 11.3 Å². The van der Waals surface area contributed by atoms with Crippen LogP contribution in [0.5, 0.6) is 5.75 Å². The average molecular weight is 354 g/mol. The monoisotopic (exact) mass is 354 g/mol. The largest absolute Gasteiger partial charge is 0.494 e. The molecule has 0 spiro atoms. The number of hydrogen-bond acceptors (Lipinski definition) is 5. The van der Waals surface area contributed by atoms with Crippen LogP contribution in [0.2, 0.25) is 0 Å². The van der Waals surface area contributed by atoms with Crippen molar-refractivity contribution in [2.24, 2.45) is 5.73 Å². The number of benzene rings is 2. The molecule has 3 rings (SSSR count). The zero-order valence-electron chi connectivity index (χ0n) is 14.5. The number of carbonyl (C=O) groups is 2. The Labute approximate surface area is 151 Å². The van der Waals surface area contributed by atoms with E-state index in [-0.39, 0.29) is 18.0 Å². The van der Waals surface area contributed by atoms with Crippen molar-refractivity contribution in [1.82, 2.24) is 10.9 Å². The number of primary amides is 1. The lowest BCUT2D eigenvalue weighted by Gasteiger charge is -2.12. The molecule has 2 aromatic carbocycles. The Morgan fingerprint density at radius 1 is 1.19 bits per heavy atom. The molecular weight excluding hydrogens is 332 g/mol. The van der Waals surface area contributed by atoms with Crippen LogP contribution in [0.15, 0.2) is 48.5 Å². The van der Waals surface area contributed by atoms with E-state index >= 15 is 0 Å². The van der Waals surface area contributed by atoms with Crippen LogP contribution in [0.25, 0.3) is 0 Å². The van der Waals surface area contributed by atoms with E-state index in [9.17, 15) is 9.59 Å². The molecule has 1 saturated heterocycles. The van der Waals surface area contributed by atoms with Crippen molar-refractivity contribution in [3.05, 3.63) is 59.7 Å². The molecule has 2 aromatic rings. The second kappa shape index (κ2) is 7.99. The molecule has 0 aliphatic carbocycles. The molecule has 1 aliphatic heterocycles. The van der Waals surface area contributed by atoms with Gasteiger partial charge in [0.25, 0.3) is 0 Å². The molecule has 0 aromatic heterocycles. The summed E-state index contributed by atoms with van der Waals surface area (Å²) >= 11 is 0. The van der Waals surface area contributed by atoms with Gasteiger partial charge in [0.1, 0.15) is 11.8 Å². The lowest BCUT2D eigenvalue weighted by molar-refractivity contribution is -0.117. The van der Waals surface area contributed by atoms with Crippen LogP contribution in [-0.2, 0) is 4.79 Å². The van der Waals surface area contributed by atoms with Gasteiger partial charge in [-0.2, -0.15) is 0 Å². The summed E-state index contributed by atoms with van der Waals surface area (Å²) in [6.07, 6.45) is 0.606. The highest BCUT2D eigenvalue weighted by Gasteiger charge is 2.30. The van der Waals surface area contributed by atoms with E-state index in [1.807, 2.05) is 31.2 Å². The molecule has 1 fully saturated rings. The minimum Gasteiger partial charge on any atom is -0.494 e. The Morgan fingerprint density at radius 2 is 1.96 bits per heavy atom. The van der Waals surface area contributed by atoms with Crippen molar-refractivity contribution in [2.45, 2.75) is 25.4 Å². The third-order valence-corrected chi connectivity index (χ3v) is 4.23. The maximum Gasteiger partial charge on any atom is 0.248 e. The van der Waals surface area contributed by atoms with Gasteiger partial charge in [-0.15, -0.1) is 0 Å². The smallest absolute Gasteiger partial charge is 0.248 e. The minimum atomic E-state index is -0.530. The molecule has 1 aliphatic rings. The Kier molecular flexibility index (Phi) is 5.50. The number of rotatable bonds is 6. The molecule has 136 valence electrons. The average Bonchev–Trinajstić information content (AvgIpc) is 3.13. The standard InChI is InChI=1S/C19H22N4O3/c1-2-26-15-8-6-12(7-9-15)16-11-17(23-22-16)19(25)21-14-5-3-4-13(10-14)18(20)24/h3-10,16-17,22-23H,2,11H2,1H3,(H2,20,24)(H,21,25). The number of hydrogen-bond donors (Lipinski definition) is 4. The zero-order valence-corrected chi connectivity index (χ0v) is 14.5. The van der Waals surface area contributed by atoms with Crippen molar-refractivity contribution < 1.29 is 14.3 Å². The maximum atomic E-state index is 12.5. The Hall–Kier alpha value is -2.90. The first-order valence-electron chi connectivity index (χ1n) is 8.51. The number of nitrogens with one attached hydrogen (secondary N) is 3. The van der Waals surface area contributed by atoms with Gasteiger partial charge in [0.2, 0.25) is 11.8 Å². The van der Waals surface area contributed by atoms with E-state index in [4.69, 9.17) is 10.5 Å². The number of nitrogens with two attached hydrogens (primary N) is 1. The van der Waals surface area contributed by atoms with Gasteiger partial charge >= 0.3 is 0 Å². The first-order chi connectivity index (χ1) is 12.6. The third-order valence-electron chi connectivity index (χ3n) is 4.23. The van der Waals surface area contributed by atoms with Gasteiger partial charge in [0, 0.05) is 17.3 Å². The summed E-state index contributed by atoms with van der Waals surface area (Å²) in [5, 5.41) is 2.81. The molecule has 26 heavy (non-hydrogen) atoms. The van der Waals surface area contributed by atoms with Gasteiger partial charge < -0.3 is 15.8 Å². The number of amides is 2. The van der Waals surface area contributed by atoms with Crippen LogP contribution in [0, 0.1) is 0 Å². The fraction of sp³-hybridized carbons (Fsp3) is 0.263. The van der Waals surface area contributed by atoms with Gasteiger partial charge in [0.05, 0.1) is 6.61 Å². The molecule has 7 nitrogen and oxygen atoms in total. The fourth-order valence-electron chi connectivity index (χ4n) is 2.89. The normalized spacial score (nSPS) is 19.1. The van der Waals surface area contributed by atoms with Gasteiger partial charge in [-0.1, -0.05) is 18.2 Å². The fourth-order valence-corrected chi connectivity index (χ4v) is 2.89. The predicted octanol–water partition coefficient (Wildman–Crippen LogP) is 1.73. The quantitative estimate of drug-likeness (QED) is 0.632. The lowest BCUT2D eigenvalue weighted by atomic mass is 10.0. The number of anilines is 1. The first-order valence-corrected chi connectivity index (χ1v) is 8.51. The Morgan fingerprint density at radius 3 is 2.65 bits per heavy atom. The molecule has 2 amide bonds. The summed E-state index contributed by atoms with van der Waals surface area (Å²) in [6, 6.07) is 14.0. The van der Waals surface area contributed by atoms with E-state index in [2.05, 4.69) is 16.2 Å². The molecule has 2 unspecified atom stereocenters. The highest BCUT2D eigenvalue weighted by molar-refractivity contribution is 5.98. The van der Waals surface area contributed by atoms with Crippen LogP contribution >= 0.6 is 0 Å². The van der Waals surface area contributed by atoms with Crippen molar-refractivity contribution in [2.75, 3.05) is 11.9 Å². The molecule has 0 bridgehead atoms. The van der Waals surface area contributed by atoms with Crippen molar-refractivity contribution in [3.63, 3.8) is 0 Å². The molecule has 2 atom stereocenters. The summed E-state index contributed by atoms with van der Waals surface area (Å²) in [5.74, 6) is 0.121. The molecule has 7 heteroatoms. The van der Waals surface area contributed by atoms with Crippen LogP contribution in [0.3, 0.4) is 0 Å². The maximum absolute atomic E-state index is 12.5. The molecular formula is C19H22N4O3. The van der Waals surface area contributed by atoms with E-state index in [1.165, 1.54) is 0 Å². The minimum absolute atomic E-state index is 0.0263. The number of carbonyl (C=O) groups excluding carboxylic acids is 2. The lowest BCUT2D eigenvalue weighted by Crippen LogP contribution is -2.39. The molecule has 5 N–H and O–H groups in total. The van der Waals surface area contributed by atoms with Crippen LogP contribution < -0.4 is 26.6 Å². The van der Waals surface area contributed by atoms with Crippen LogP contribution in [0.1, 0.15) is 35.3 Å². The SMILES string of the molecule is CCOc1ccc(C2CC(C(=O)Nc3cccc(C(N)=O)c3)NN2)cc1. The summed E-state index contributed by atoms with van der Waals surface area (Å²) in [7, 11) is 0. The highest BCUT2D eigenvalue weighted by atomic mass is 16.5. The summed E-state index contributed by atoms with van der Waals surface area (Å²) in [4.78, 5) is 23.7. The zero-order chi connectivity index (χ0) is 18.5.